The van der Waals surface area contributed by atoms with Gasteiger partial charge >= 0.3 is 0 Å². The largest absolute Gasteiger partial charge is 0.497 e. The SMILES string of the molecule is COc1ccc([C@H]2C3=C(CC(C)(C)CC3=O)Oc3ncn4nc(COc5ccccc5OC)nc4c32)cc1. The highest BCUT2D eigenvalue weighted by atomic mass is 16.5. The number of benzene rings is 2. The summed E-state index contributed by atoms with van der Waals surface area (Å²) >= 11 is 0. The van der Waals surface area contributed by atoms with Gasteiger partial charge in [-0.3, -0.25) is 4.79 Å². The van der Waals surface area contributed by atoms with Crippen LogP contribution in [-0.4, -0.2) is 39.6 Å². The molecule has 1 aliphatic carbocycles. The molecule has 194 valence electrons. The van der Waals surface area contributed by atoms with Crippen LogP contribution in [0.4, 0.5) is 0 Å². The lowest BCUT2D eigenvalue weighted by atomic mass is 9.70. The molecule has 3 heterocycles. The molecule has 6 rings (SSSR count). The summed E-state index contributed by atoms with van der Waals surface area (Å²) in [7, 11) is 3.23. The van der Waals surface area contributed by atoms with Crippen LogP contribution in [-0.2, 0) is 11.4 Å². The molecule has 38 heavy (non-hydrogen) atoms. The lowest BCUT2D eigenvalue weighted by molar-refractivity contribution is -0.118. The van der Waals surface area contributed by atoms with E-state index >= 15 is 0 Å². The Morgan fingerprint density at radius 3 is 2.53 bits per heavy atom. The fraction of sp³-hybridized carbons (Fsp3) is 0.310. The van der Waals surface area contributed by atoms with Crippen molar-refractivity contribution in [3.05, 3.63) is 83.1 Å². The third-order valence-corrected chi connectivity index (χ3v) is 6.98. The lowest BCUT2D eigenvalue weighted by Crippen LogP contribution is -2.33. The topological polar surface area (TPSA) is 97.1 Å². The third-order valence-electron chi connectivity index (χ3n) is 6.98. The van der Waals surface area contributed by atoms with Crippen molar-refractivity contribution in [3.8, 4) is 23.1 Å². The number of carbonyl (C=O) groups excluding carboxylic acids is 1. The summed E-state index contributed by atoms with van der Waals surface area (Å²) in [6.07, 6.45) is 2.68. The molecule has 1 atom stereocenters. The second kappa shape index (κ2) is 9.16. The van der Waals surface area contributed by atoms with E-state index in [1.807, 2.05) is 48.5 Å². The number of hydrogen-bond acceptors (Lipinski definition) is 8. The maximum atomic E-state index is 13.6. The van der Waals surface area contributed by atoms with Gasteiger partial charge in [-0.15, -0.1) is 5.10 Å². The molecule has 0 spiro atoms. The van der Waals surface area contributed by atoms with E-state index in [0.29, 0.717) is 58.6 Å². The molecule has 0 bridgehead atoms. The number of ether oxygens (including phenoxy) is 4. The minimum atomic E-state index is -0.397. The van der Waals surface area contributed by atoms with E-state index in [4.69, 9.17) is 23.9 Å². The monoisotopic (exact) mass is 512 g/mol. The summed E-state index contributed by atoms with van der Waals surface area (Å²) < 4.78 is 24.6. The first-order chi connectivity index (χ1) is 18.4. The highest BCUT2D eigenvalue weighted by Gasteiger charge is 2.44. The predicted molar refractivity (Wildman–Crippen MR) is 139 cm³/mol. The van der Waals surface area contributed by atoms with E-state index in [0.717, 1.165) is 11.3 Å². The van der Waals surface area contributed by atoms with Crippen molar-refractivity contribution < 1.29 is 23.7 Å². The van der Waals surface area contributed by atoms with Crippen molar-refractivity contribution in [2.75, 3.05) is 14.2 Å². The van der Waals surface area contributed by atoms with Gasteiger partial charge in [-0.1, -0.05) is 38.1 Å². The molecule has 2 aromatic carbocycles. The number of hydrogen-bond donors (Lipinski definition) is 0. The minimum absolute atomic E-state index is 0.0731. The van der Waals surface area contributed by atoms with Crippen molar-refractivity contribution >= 4 is 11.4 Å². The Morgan fingerprint density at radius 2 is 1.79 bits per heavy atom. The second-order valence-electron chi connectivity index (χ2n) is 10.3. The van der Waals surface area contributed by atoms with E-state index in [1.54, 1.807) is 25.1 Å². The summed E-state index contributed by atoms with van der Waals surface area (Å²) in [5.74, 6) is 3.22. The van der Waals surface area contributed by atoms with Gasteiger partial charge in [-0.2, -0.15) is 0 Å². The van der Waals surface area contributed by atoms with Crippen molar-refractivity contribution in [2.45, 2.75) is 39.2 Å². The van der Waals surface area contributed by atoms with E-state index in [9.17, 15) is 4.79 Å². The Hall–Kier alpha value is -4.40. The molecule has 0 unspecified atom stereocenters. The van der Waals surface area contributed by atoms with Crippen LogP contribution in [0.2, 0.25) is 0 Å². The van der Waals surface area contributed by atoms with E-state index in [-0.39, 0.29) is 17.8 Å². The Labute approximate surface area is 220 Å². The molecule has 9 nitrogen and oxygen atoms in total. The Morgan fingerprint density at radius 1 is 1.03 bits per heavy atom. The first kappa shape index (κ1) is 24.0. The quantitative estimate of drug-likeness (QED) is 0.360. The van der Waals surface area contributed by atoms with Gasteiger partial charge in [-0.25, -0.2) is 14.5 Å². The number of Topliss-reactive ketones (excluding diaryl/α,β-unsaturated/α-hetero) is 1. The highest BCUT2D eigenvalue weighted by Crippen LogP contribution is 2.50. The standard InChI is InChI=1S/C29H28N4O5/c1-29(2)13-19(34)25-22(14-29)38-28-26(24(25)17-9-11-18(35-3)12-10-17)27-31-23(32-33(27)16-30-28)15-37-21-8-6-5-7-20(21)36-4/h5-12,16,24H,13-15H2,1-4H3/t24-/m0/s1. The first-order valence-electron chi connectivity index (χ1n) is 12.4. The maximum absolute atomic E-state index is 13.6. The third kappa shape index (κ3) is 4.13. The van der Waals surface area contributed by atoms with Crippen molar-refractivity contribution in [1.29, 1.82) is 0 Å². The van der Waals surface area contributed by atoms with Gasteiger partial charge in [0.05, 0.1) is 19.8 Å². The average Bonchev–Trinajstić information content (AvgIpc) is 3.33. The number of allylic oxidation sites excluding steroid dienone is 2. The van der Waals surface area contributed by atoms with Gasteiger partial charge in [0.1, 0.15) is 24.4 Å². The van der Waals surface area contributed by atoms with Crippen LogP contribution in [0.1, 0.15) is 49.6 Å². The molecule has 0 amide bonds. The van der Waals surface area contributed by atoms with Crippen LogP contribution in [0.25, 0.3) is 5.65 Å². The van der Waals surface area contributed by atoms with Crippen LogP contribution in [0.5, 0.6) is 23.1 Å². The smallest absolute Gasteiger partial charge is 0.228 e. The Balaban J connectivity index is 1.45. The summed E-state index contributed by atoms with van der Waals surface area (Å²) in [5.41, 5.74) is 2.67. The van der Waals surface area contributed by atoms with Gasteiger partial charge in [0.25, 0.3) is 0 Å². The minimum Gasteiger partial charge on any atom is -0.497 e. The van der Waals surface area contributed by atoms with Gasteiger partial charge < -0.3 is 18.9 Å². The fourth-order valence-corrected chi connectivity index (χ4v) is 5.26. The molecular formula is C29H28N4O5. The number of nitrogens with zero attached hydrogens (tertiary/aromatic N) is 4. The number of aromatic nitrogens is 4. The number of rotatable bonds is 6. The fourth-order valence-electron chi connectivity index (χ4n) is 5.26. The zero-order chi connectivity index (χ0) is 26.4. The summed E-state index contributed by atoms with van der Waals surface area (Å²) in [6.45, 7) is 4.30. The molecule has 1 aliphatic heterocycles. The van der Waals surface area contributed by atoms with Crippen LogP contribution in [0, 0.1) is 5.41 Å². The zero-order valence-electron chi connectivity index (χ0n) is 21.7. The second-order valence-corrected chi connectivity index (χ2v) is 10.3. The van der Waals surface area contributed by atoms with Gasteiger partial charge in [0, 0.05) is 24.3 Å². The van der Waals surface area contributed by atoms with Crippen molar-refractivity contribution in [1.82, 2.24) is 19.6 Å². The average molecular weight is 513 g/mol. The van der Waals surface area contributed by atoms with E-state index in [1.165, 1.54) is 0 Å². The first-order valence-corrected chi connectivity index (χ1v) is 12.4. The highest BCUT2D eigenvalue weighted by molar-refractivity contribution is 6.00. The van der Waals surface area contributed by atoms with Crippen LogP contribution in [0.15, 0.2) is 66.2 Å². The van der Waals surface area contributed by atoms with E-state index < -0.39 is 5.92 Å². The van der Waals surface area contributed by atoms with E-state index in [2.05, 4.69) is 23.9 Å². The summed E-state index contributed by atoms with van der Waals surface area (Å²) in [4.78, 5) is 23.0. The molecule has 0 radical (unpaired) electrons. The number of ketones is 1. The number of carbonyl (C=O) groups is 1. The molecule has 2 aromatic heterocycles. The zero-order valence-corrected chi connectivity index (χ0v) is 21.7. The molecule has 0 saturated carbocycles. The molecule has 0 N–H and O–H groups in total. The molecule has 9 heteroatoms. The molecule has 0 saturated heterocycles. The van der Waals surface area contributed by atoms with Gasteiger partial charge in [-0.05, 0) is 35.2 Å². The van der Waals surface area contributed by atoms with Crippen LogP contribution >= 0.6 is 0 Å². The maximum Gasteiger partial charge on any atom is 0.228 e. The molecule has 2 aliphatic rings. The Bertz CT molecular complexity index is 1570. The number of methoxy groups -OCH3 is 2. The molecule has 4 aromatic rings. The van der Waals surface area contributed by atoms with Gasteiger partial charge in [0.15, 0.2) is 28.8 Å². The molecule has 0 fully saturated rings. The van der Waals surface area contributed by atoms with Gasteiger partial charge in [0.2, 0.25) is 5.88 Å². The van der Waals surface area contributed by atoms with Crippen LogP contribution < -0.4 is 18.9 Å². The number of para-hydroxylation sites is 2. The summed E-state index contributed by atoms with van der Waals surface area (Å²) in [6, 6.07) is 15.1. The van der Waals surface area contributed by atoms with Crippen LogP contribution in [0.3, 0.4) is 0 Å². The normalized spacial score (nSPS) is 18.0. The lowest BCUT2D eigenvalue weighted by Gasteiger charge is -2.37. The summed E-state index contributed by atoms with van der Waals surface area (Å²) in [5, 5.41) is 4.59. The van der Waals surface area contributed by atoms with Crippen molar-refractivity contribution in [3.63, 3.8) is 0 Å². The molecular weight excluding hydrogens is 484 g/mol. The van der Waals surface area contributed by atoms with Crippen molar-refractivity contribution in [2.24, 2.45) is 5.41 Å². The number of fused-ring (bicyclic) bond motifs is 3. The Kier molecular flexibility index (Phi) is 5.78. The predicted octanol–water partition coefficient (Wildman–Crippen LogP) is 4.89.